The van der Waals surface area contributed by atoms with Gasteiger partial charge in [0.1, 0.15) is 18.1 Å². The molecule has 0 fully saturated rings. The van der Waals surface area contributed by atoms with Gasteiger partial charge < -0.3 is 37.6 Å². The molecule has 0 aliphatic carbocycles. The second-order valence-corrected chi connectivity index (χ2v) is 9.19. The molecule has 0 bridgehead atoms. The molecule has 4 amide bonds. The third-order valence-electron chi connectivity index (χ3n) is 5.18. The number of rotatable bonds is 17. The first kappa shape index (κ1) is 31.4. The predicted octanol–water partition coefficient (Wildman–Crippen LogP) is -1.41. The van der Waals surface area contributed by atoms with E-state index < -0.39 is 72.6 Å². The Balaban J connectivity index is 3.13. The van der Waals surface area contributed by atoms with E-state index >= 15 is 0 Å². The van der Waals surface area contributed by atoms with Gasteiger partial charge in [0.15, 0.2) is 0 Å². The normalized spacial score (nSPS) is 13.9. The van der Waals surface area contributed by atoms with Gasteiger partial charge >= 0.3 is 11.9 Å². The summed E-state index contributed by atoms with van der Waals surface area (Å²) in [6.45, 7) is 0. The largest absolute Gasteiger partial charge is 0.481 e. The molecule has 4 unspecified atom stereocenters. The van der Waals surface area contributed by atoms with Gasteiger partial charge in [0.2, 0.25) is 23.6 Å². The van der Waals surface area contributed by atoms with Crippen molar-refractivity contribution in [3.05, 3.63) is 35.9 Å². The van der Waals surface area contributed by atoms with Crippen LogP contribution in [0.1, 0.15) is 31.2 Å². The van der Waals surface area contributed by atoms with E-state index in [1.54, 1.807) is 36.6 Å². The summed E-state index contributed by atoms with van der Waals surface area (Å²) in [5.41, 5.74) is 11.3. The zero-order chi connectivity index (χ0) is 28.0. The van der Waals surface area contributed by atoms with Crippen LogP contribution in [0.3, 0.4) is 0 Å². The predicted molar refractivity (Wildman–Crippen MR) is 135 cm³/mol. The van der Waals surface area contributed by atoms with Gasteiger partial charge in [-0.25, -0.2) is 4.79 Å². The van der Waals surface area contributed by atoms with Gasteiger partial charge in [-0.15, -0.1) is 0 Å². The van der Waals surface area contributed by atoms with Crippen molar-refractivity contribution in [1.82, 2.24) is 16.0 Å². The summed E-state index contributed by atoms with van der Waals surface area (Å²) in [6.07, 6.45) is 0.623. The molecule has 14 heteroatoms. The molecule has 0 saturated heterocycles. The molecule has 1 rings (SSSR count). The molecule has 13 nitrogen and oxygen atoms in total. The molecule has 4 atom stereocenters. The molecule has 0 saturated carbocycles. The first-order chi connectivity index (χ1) is 17.4. The van der Waals surface area contributed by atoms with Gasteiger partial charge in [0.05, 0.1) is 12.5 Å². The van der Waals surface area contributed by atoms with Gasteiger partial charge in [0.25, 0.3) is 0 Å². The highest BCUT2D eigenvalue weighted by molar-refractivity contribution is 7.98. The van der Waals surface area contributed by atoms with Crippen molar-refractivity contribution in [2.45, 2.75) is 56.3 Å². The smallest absolute Gasteiger partial charge is 0.326 e. The molecular formula is C23H33N5O8S. The summed E-state index contributed by atoms with van der Waals surface area (Å²) in [6, 6.07) is 3.42. The van der Waals surface area contributed by atoms with E-state index in [1.807, 2.05) is 0 Å². The van der Waals surface area contributed by atoms with Crippen LogP contribution in [-0.4, -0.2) is 82.0 Å². The summed E-state index contributed by atoms with van der Waals surface area (Å²) < 4.78 is 0. The number of carbonyl (C=O) groups is 6. The summed E-state index contributed by atoms with van der Waals surface area (Å²) in [5, 5.41) is 25.7. The highest BCUT2D eigenvalue weighted by Gasteiger charge is 2.31. The van der Waals surface area contributed by atoms with E-state index in [0.29, 0.717) is 11.3 Å². The zero-order valence-corrected chi connectivity index (χ0v) is 21.2. The summed E-state index contributed by atoms with van der Waals surface area (Å²) in [5.74, 6) is -5.39. The van der Waals surface area contributed by atoms with Crippen LogP contribution in [0.4, 0.5) is 0 Å². The van der Waals surface area contributed by atoms with E-state index in [2.05, 4.69) is 16.0 Å². The average molecular weight is 540 g/mol. The van der Waals surface area contributed by atoms with Crippen LogP contribution >= 0.6 is 11.8 Å². The SMILES string of the molecule is CSCCC(NC(=O)C(Cc1ccccc1)NC(=O)C(CCC(=O)O)NC(=O)C(N)CC(N)=O)C(=O)O. The van der Waals surface area contributed by atoms with E-state index in [4.69, 9.17) is 16.6 Å². The van der Waals surface area contributed by atoms with Crippen LogP contribution in [0, 0.1) is 0 Å². The third-order valence-corrected chi connectivity index (χ3v) is 5.82. The van der Waals surface area contributed by atoms with Crippen molar-refractivity contribution >= 4 is 47.3 Å². The van der Waals surface area contributed by atoms with Crippen LogP contribution in [0.2, 0.25) is 0 Å². The average Bonchev–Trinajstić information content (AvgIpc) is 2.83. The number of thioether (sulfide) groups is 1. The molecule has 0 aliphatic rings. The number of carboxylic acids is 2. The number of hydrogen-bond acceptors (Lipinski definition) is 8. The van der Waals surface area contributed by atoms with Gasteiger partial charge in [-0.3, -0.25) is 24.0 Å². The summed E-state index contributed by atoms with van der Waals surface area (Å²) in [7, 11) is 0. The Labute approximate surface area is 218 Å². The van der Waals surface area contributed by atoms with Crippen molar-refractivity contribution in [2.24, 2.45) is 11.5 Å². The lowest BCUT2D eigenvalue weighted by Crippen LogP contribution is -2.58. The number of aliphatic carboxylic acids is 2. The van der Waals surface area contributed by atoms with Gasteiger partial charge in [-0.2, -0.15) is 11.8 Å². The van der Waals surface area contributed by atoms with E-state index in [1.165, 1.54) is 11.8 Å². The molecule has 0 spiro atoms. The molecule has 0 heterocycles. The zero-order valence-electron chi connectivity index (χ0n) is 20.3. The molecular weight excluding hydrogens is 506 g/mol. The quantitative estimate of drug-likeness (QED) is 0.122. The molecule has 9 N–H and O–H groups in total. The van der Waals surface area contributed by atoms with Crippen molar-refractivity contribution in [2.75, 3.05) is 12.0 Å². The van der Waals surface area contributed by atoms with Gasteiger partial charge in [-0.1, -0.05) is 30.3 Å². The number of hydrogen-bond donors (Lipinski definition) is 7. The first-order valence-corrected chi connectivity index (χ1v) is 12.8. The highest BCUT2D eigenvalue weighted by Crippen LogP contribution is 2.08. The number of primary amides is 1. The number of carboxylic acid groups (broad SMARTS) is 2. The lowest BCUT2D eigenvalue weighted by Gasteiger charge is -2.25. The van der Waals surface area contributed by atoms with Gasteiger partial charge in [0, 0.05) is 12.8 Å². The minimum absolute atomic E-state index is 0.00589. The molecule has 0 radical (unpaired) electrons. The number of carbonyl (C=O) groups excluding carboxylic acids is 4. The Morgan fingerprint density at radius 2 is 1.43 bits per heavy atom. The minimum Gasteiger partial charge on any atom is -0.481 e. The fourth-order valence-corrected chi connectivity index (χ4v) is 3.69. The molecule has 204 valence electrons. The fraction of sp³-hybridized carbons (Fsp3) is 0.478. The number of benzene rings is 1. The number of nitrogens with one attached hydrogen (secondary N) is 3. The van der Waals surface area contributed by atoms with Crippen molar-refractivity contribution in [3.8, 4) is 0 Å². The van der Waals surface area contributed by atoms with Crippen molar-refractivity contribution in [3.63, 3.8) is 0 Å². The Morgan fingerprint density at radius 1 is 0.865 bits per heavy atom. The molecule has 1 aromatic rings. The third kappa shape index (κ3) is 12.2. The van der Waals surface area contributed by atoms with Crippen LogP contribution in [0.15, 0.2) is 30.3 Å². The Bertz CT molecular complexity index is 962. The standard InChI is InChI=1S/C23H33N5O8S/c1-37-10-9-16(23(35)36)27-22(34)17(11-13-5-3-2-4-6-13)28-21(33)15(7-8-19(30)31)26-20(32)14(24)12-18(25)29/h2-6,14-17H,7-12,24H2,1H3,(H2,25,29)(H,26,32)(H,27,34)(H,28,33)(H,30,31)(H,35,36). The molecule has 0 aromatic heterocycles. The first-order valence-electron chi connectivity index (χ1n) is 11.4. The van der Waals surface area contributed by atoms with Crippen LogP contribution in [0.5, 0.6) is 0 Å². The molecule has 37 heavy (non-hydrogen) atoms. The van der Waals surface area contributed by atoms with Crippen LogP contribution < -0.4 is 27.4 Å². The maximum atomic E-state index is 13.1. The highest BCUT2D eigenvalue weighted by atomic mass is 32.2. The maximum absolute atomic E-state index is 13.1. The lowest BCUT2D eigenvalue weighted by molar-refractivity contribution is -0.142. The Hall–Kier alpha value is -3.65. The fourth-order valence-electron chi connectivity index (χ4n) is 3.22. The van der Waals surface area contributed by atoms with Crippen molar-refractivity contribution in [1.29, 1.82) is 0 Å². The van der Waals surface area contributed by atoms with E-state index in [-0.39, 0.29) is 19.3 Å². The second-order valence-electron chi connectivity index (χ2n) is 8.20. The van der Waals surface area contributed by atoms with E-state index in [0.717, 1.165) is 0 Å². The van der Waals surface area contributed by atoms with Gasteiger partial charge in [-0.05, 0) is 30.4 Å². The number of nitrogens with two attached hydrogens (primary N) is 2. The Kier molecular flexibility index (Phi) is 13.7. The summed E-state index contributed by atoms with van der Waals surface area (Å²) >= 11 is 1.41. The topological polar surface area (TPSA) is 231 Å². The van der Waals surface area contributed by atoms with Crippen LogP contribution in [0.25, 0.3) is 0 Å². The van der Waals surface area contributed by atoms with E-state index in [9.17, 15) is 33.9 Å². The number of amides is 4. The van der Waals surface area contributed by atoms with Crippen LogP contribution in [-0.2, 0) is 35.2 Å². The monoisotopic (exact) mass is 539 g/mol. The van der Waals surface area contributed by atoms with Crippen molar-refractivity contribution < 1.29 is 39.0 Å². The minimum atomic E-state index is -1.40. The molecule has 1 aromatic carbocycles. The lowest BCUT2D eigenvalue weighted by atomic mass is 10.0. The summed E-state index contributed by atoms with van der Waals surface area (Å²) in [4.78, 5) is 72.2. The molecule has 0 aliphatic heterocycles. The maximum Gasteiger partial charge on any atom is 0.326 e. The Morgan fingerprint density at radius 3 is 1.97 bits per heavy atom. The second kappa shape index (κ2) is 16.2.